The molecule has 0 atom stereocenters. The summed E-state index contributed by atoms with van der Waals surface area (Å²) in [5, 5.41) is 0. The Bertz CT molecular complexity index is 1410. The van der Waals surface area contributed by atoms with Crippen molar-refractivity contribution in [2.45, 2.75) is 276 Å². The molecular formula is C56H97KO7S. The first-order chi connectivity index (χ1) is 31.3. The molecule has 0 radical (unpaired) electrons. The smallest absolute Gasteiger partial charge is 0.744 e. The minimum Gasteiger partial charge on any atom is -0.744 e. The molecule has 370 valence electrons. The molecule has 0 aliphatic rings. The zero-order valence-electron chi connectivity index (χ0n) is 42.5. The van der Waals surface area contributed by atoms with Crippen molar-refractivity contribution in [2.75, 3.05) is 13.2 Å². The van der Waals surface area contributed by atoms with E-state index in [0.29, 0.717) is 12.8 Å². The topological polar surface area (TPSA) is 110 Å². The summed E-state index contributed by atoms with van der Waals surface area (Å²) in [6, 6.07) is 3.11. The van der Waals surface area contributed by atoms with Gasteiger partial charge in [-0.1, -0.05) is 244 Å². The van der Waals surface area contributed by atoms with E-state index in [9.17, 15) is 22.6 Å². The van der Waals surface area contributed by atoms with Crippen molar-refractivity contribution < 1.29 is 83.4 Å². The largest absolute Gasteiger partial charge is 1.00 e. The van der Waals surface area contributed by atoms with Crippen molar-refractivity contribution in [3.8, 4) is 0 Å². The van der Waals surface area contributed by atoms with Crippen LogP contribution < -0.4 is 51.4 Å². The molecule has 1 aromatic carbocycles. The molecule has 0 fully saturated rings. The van der Waals surface area contributed by atoms with E-state index in [-0.39, 0.29) is 75.7 Å². The maximum Gasteiger partial charge on any atom is 1.00 e. The van der Waals surface area contributed by atoms with Gasteiger partial charge in [-0.3, -0.25) is 0 Å². The second-order valence-corrected chi connectivity index (χ2v) is 19.9. The first-order valence-electron chi connectivity index (χ1n) is 27.0. The van der Waals surface area contributed by atoms with Gasteiger partial charge in [0.2, 0.25) is 0 Å². The number of benzene rings is 1. The van der Waals surface area contributed by atoms with E-state index in [0.717, 1.165) is 43.9 Å². The monoisotopic (exact) mass is 953 g/mol. The van der Waals surface area contributed by atoms with Gasteiger partial charge in [-0.2, -0.15) is 0 Å². The van der Waals surface area contributed by atoms with Crippen LogP contribution in [0.1, 0.15) is 291 Å². The van der Waals surface area contributed by atoms with Gasteiger partial charge in [0.05, 0.1) is 29.2 Å². The molecule has 65 heavy (non-hydrogen) atoms. The average molecular weight is 954 g/mol. The Hall–Kier alpha value is -0.814. The molecule has 7 nitrogen and oxygen atoms in total. The van der Waals surface area contributed by atoms with Gasteiger partial charge in [0.15, 0.2) is 0 Å². The van der Waals surface area contributed by atoms with Gasteiger partial charge in [-0.15, -0.1) is 0 Å². The van der Waals surface area contributed by atoms with Gasteiger partial charge in [-0.25, -0.2) is 18.0 Å². The summed E-state index contributed by atoms with van der Waals surface area (Å²) in [4.78, 5) is 25.3. The predicted octanol–water partition coefficient (Wildman–Crippen LogP) is 14.7. The van der Waals surface area contributed by atoms with Gasteiger partial charge in [0, 0.05) is 0 Å². The summed E-state index contributed by atoms with van der Waals surface area (Å²) >= 11 is 0. The first kappa shape index (κ1) is 64.2. The van der Waals surface area contributed by atoms with Crippen LogP contribution in [0.5, 0.6) is 0 Å². The van der Waals surface area contributed by atoms with Gasteiger partial charge < -0.3 is 14.0 Å². The summed E-state index contributed by atoms with van der Waals surface area (Å²) in [6.45, 7) is 4.82. The summed E-state index contributed by atoms with van der Waals surface area (Å²) in [6.07, 6.45) is 59.9. The van der Waals surface area contributed by atoms with Crippen LogP contribution in [-0.4, -0.2) is 38.1 Å². The molecule has 1 rings (SSSR count). The maximum absolute atomic E-state index is 13.0. The van der Waals surface area contributed by atoms with Crippen LogP contribution in [0.2, 0.25) is 0 Å². The van der Waals surface area contributed by atoms with Gasteiger partial charge >= 0.3 is 63.3 Å². The SMILES string of the molecule is CCCCCCCCCCCCCCCCCCC/C=C/CCCOC(=O)c1ccc(S(=O)(=O)[O-])cc1C(=O)OCCC/C=C/CCCCCCCCCCCCCCCCCCC.[K+]. The maximum atomic E-state index is 13.0. The molecule has 0 aliphatic heterocycles. The third kappa shape index (κ3) is 40.8. The van der Waals surface area contributed by atoms with Crippen molar-refractivity contribution in [1.29, 1.82) is 0 Å². The second-order valence-electron chi connectivity index (χ2n) is 18.6. The zero-order valence-corrected chi connectivity index (χ0v) is 46.4. The summed E-state index contributed by atoms with van der Waals surface area (Å²) in [5.74, 6) is -1.60. The minimum atomic E-state index is -4.83. The third-order valence-corrected chi connectivity index (χ3v) is 13.3. The number of unbranched alkanes of at least 4 members (excludes halogenated alkanes) is 36. The zero-order chi connectivity index (χ0) is 46.4. The molecule has 0 saturated carbocycles. The average Bonchev–Trinajstić information content (AvgIpc) is 3.28. The second kappa shape index (κ2) is 48.2. The molecule has 1 aromatic rings. The van der Waals surface area contributed by atoms with Crippen molar-refractivity contribution >= 4 is 22.1 Å². The van der Waals surface area contributed by atoms with E-state index in [2.05, 4.69) is 38.2 Å². The molecule has 9 heteroatoms. The van der Waals surface area contributed by atoms with Gasteiger partial charge in [0.1, 0.15) is 10.1 Å². The number of carbonyl (C=O) groups is 2. The Morgan fingerprint density at radius 2 is 0.677 bits per heavy atom. The van der Waals surface area contributed by atoms with Crippen LogP contribution >= 0.6 is 0 Å². The summed E-state index contributed by atoms with van der Waals surface area (Å²) < 4.78 is 45.9. The van der Waals surface area contributed by atoms with Crippen molar-refractivity contribution in [2.24, 2.45) is 0 Å². The molecule has 0 saturated heterocycles. The number of allylic oxidation sites excluding steroid dienone is 4. The normalized spacial score (nSPS) is 11.7. The number of hydrogen-bond donors (Lipinski definition) is 0. The number of carbonyl (C=O) groups excluding carboxylic acids is 2. The van der Waals surface area contributed by atoms with Crippen molar-refractivity contribution in [1.82, 2.24) is 0 Å². The summed E-state index contributed by atoms with van der Waals surface area (Å²) in [5.41, 5.74) is -0.383. The summed E-state index contributed by atoms with van der Waals surface area (Å²) in [7, 11) is -4.83. The molecule has 0 bridgehead atoms. The molecule has 0 N–H and O–H groups in total. The fraction of sp³-hybridized carbons (Fsp3) is 0.786. The standard InChI is InChI=1S/C56H98O7S.K/c1-3-5-7-9-11-13-15-17-19-21-23-25-27-29-31-33-35-37-39-41-43-45-49-62-55(57)53-48-47-52(64(59,60)61)51-54(53)56(58)63-50-46-44-42-40-38-36-34-32-30-28-26-24-22-20-18-16-14-12-10-8-6-4-2;/h39-42,47-48,51H,3-38,43-46,49-50H2,1-2H3,(H,59,60,61);/q;+1/p-1/b41-39+,42-40+;. The molecule has 0 heterocycles. The number of ether oxygens (including phenoxy) is 2. The van der Waals surface area contributed by atoms with E-state index in [1.165, 1.54) is 218 Å². The van der Waals surface area contributed by atoms with Crippen LogP contribution in [0.3, 0.4) is 0 Å². The Balaban J connectivity index is 0.0000410. The molecular weight excluding hydrogens is 856 g/mol. The van der Waals surface area contributed by atoms with Crippen LogP contribution in [-0.2, 0) is 19.6 Å². The van der Waals surface area contributed by atoms with Gasteiger partial charge in [-0.05, 0) is 69.6 Å². The van der Waals surface area contributed by atoms with Crippen LogP contribution in [0.25, 0.3) is 0 Å². The third-order valence-electron chi connectivity index (χ3n) is 12.5. The van der Waals surface area contributed by atoms with E-state index >= 15 is 0 Å². The fourth-order valence-electron chi connectivity index (χ4n) is 8.36. The predicted molar refractivity (Wildman–Crippen MR) is 269 cm³/mol. The Labute approximate surface area is 443 Å². The van der Waals surface area contributed by atoms with E-state index < -0.39 is 27.0 Å². The van der Waals surface area contributed by atoms with Gasteiger partial charge in [0.25, 0.3) is 0 Å². The quantitative estimate of drug-likeness (QED) is 0.0210. The van der Waals surface area contributed by atoms with Crippen molar-refractivity contribution in [3.63, 3.8) is 0 Å². The Morgan fingerprint density at radius 3 is 0.969 bits per heavy atom. The van der Waals surface area contributed by atoms with E-state index in [4.69, 9.17) is 9.47 Å². The molecule has 0 aliphatic carbocycles. The molecule has 0 amide bonds. The Kier molecular flexibility index (Phi) is 47.6. The van der Waals surface area contributed by atoms with E-state index in [1.807, 2.05) is 0 Å². The van der Waals surface area contributed by atoms with E-state index in [1.54, 1.807) is 0 Å². The minimum absolute atomic E-state index is 0. The number of hydrogen-bond acceptors (Lipinski definition) is 7. The van der Waals surface area contributed by atoms with Crippen LogP contribution in [0.4, 0.5) is 0 Å². The molecule has 0 spiro atoms. The number of esters is 2. The van der Waals surface area contributed by atoms with Crippen molar-refractivity contribution in [3.05, 3.63) is 53.6 Å². The molecule has 0 aromatic heterocycles. The number of rotatable bonds is 47. The first-order valence-corrected chi connectivity index (χ1v) is 28.5. The Morgan fingerprint density at radius 1 is 0.415 bits per heavy atom. The van der Waals surface area contributed by atoms with Crippen LogP contribution in [0, 0.1) is 0 Å². The fourth-order valence-corrected chi connectivity index (χ4v) is 8.86. The molecule has 0 unspecified atom stereocenters. The van der Waals surface area contributed by atoms with Crippen LogP contribution in [0.15, 0.2) is 47.4 Å².